The number of nitrogens with zero attached hydrogens (tertiary/aromatic N) is 2. The molecule has 0 aliphatic rings. The lowest BCUT2D eigenvalue weighted by molar-refractivity contribution is 0.259. The Labute approximate surface area is 163 Å². The summed E-state index contributed by atoms with van der Waals surface area (Å²) in [5, 5.41) is 6.55. The van der Waals surface area contributed by atoms with Crippen molar-refractivity contribution >= 4 is 29.9 Å². The maximum Gasteiger partial charge on any atom is 0.191 e. The first-order valence-corrected chi connectivity index (χ1v) is 8.53. The summed E-state index contributed by atoms with van der Waals surface area (Å²) in [6.45, 7) is 9.73. The molecule has 0 fully saturated rings. The highest BCUT2D eigenvalue weighted by molar-refractivity contribution is 14.0. The predicted octanol–water partition coefficient (Wildman–Crippen LogP) is 3.27. The third-order valence-corrected chi connectivity index (χ3v) is 4.01. The van der Waals surface area contributed by atoms with Gasteiger partial charge in [-0.3, -0.25) is 4.99 Å². The SMILES string of the molecule is CCNC(=NCCN(C)C(C)CC)NCCc1cccc(F)c1.I. The fraction of sp³-hybridized carbons (Fsp3) is 0.611. The zero-order valence-corrected chi connectivity index (χ0v) is 17.6. The van der Waals surface area contributed by atoms with Crippen molar-refractivity contribution < 1.29 is 4.39 Å². The summed E-state index contributed by atoms with van der Waals surface area (Å²) in [6, 6.07) is 7.31. The van der Waals surface area contributed by atoms with Crippen LogP contribution >= 0.6 is 24.0 Å². The van der Waals surface area contributed by atoms with Crippen molar-refractivity contribution in [3.8, 4) is 0 Å². The molecule has 0 amide bonds. The topological polar surface area (TPSA) is 39.7 Å². The number of hydrogen-bond donors (Lipinski definition) is 2. The zero-order valence-electron chi connectivity index (χ0n) is 15.3. The van der Waals surface area contributed by atoms with Crippen molar-refractivity contribution in [1.82, 2.24) is 15.5 Å². The fourth-order valence-electron chi connectivity index (χ4n) is 2.21. The van der Waals surface area contributed by atoms with E-state index in [1.165, 1.54) is 6.07 Å². The van der Waals surface area contributed by atoms with E-state index in [0.717, 1.165) is 50.5 Å². The second-order valence-corrected chi connectivity index (χ2v) is 5.81. The molecule has 0 radical (unpaired) electrons. The van der Waals surface area contributed by atoms with E-state index in [9.17, 15) is 4.39 Å². The summed E-state index contributed by atoms with van der Waals surface area (Å²) < 4.78 is 13.1. The average Bonchev–Trinajstić information content (AvgIpc) is 2.54. The van der Waals surface area contributed by atoms with E-state index < -0.39 is 0 Å². The third-order valence-electron chi connectivity index (χ3n) is 4.01. The molecule has 1 aromatic rings. The van der Waals surface area contributed by atoms with Gasteiger partial charge in [-0.2, -0.15) is 0 Å². The summed E-state index contributed by atoms with van der Waals surface area (Å²) in [6.07, 6.45) is 1.92. The number of likely N-dealkylation sites (N-methyl/N-ethyl adjacent to an activating group) is 1. The van der Waals surface area contributed by atoms with Gasteiger partial charge in [0.15, 0.2) is 5.96 Å². The quantitative estimate of drug-likeness (QED) is 0.345. The smallest absolute Gasteiger partial charge is 0.191 e. The average molecular weight is 450 g/mol. The Morgan fingerprint density at radius 1 is 1.29 bits per heavy atom. The first-order valence-electron chi connectivity index (χ1n) is 8.53. The first-order chi connectivity index (χ1) is 11.1. The molecule has 0 aliphatic carbocycles. The van der Waals surface area contributed by atoms with Gasteiger partial charge in [0.2, 0.25) is 0 Å². The van der Waals surface area contributed by atoms with Gasteiger partial charge in [-0.05, 0) is 51.4 Å². The van der Waals surface area contributed by atoms with Gasteiger partial charge in [0, 0.05) is 25.7 Å². The number of aliphatic imine (C=N–C) groups is 1. The van der Waals surface area contributed by atoms with Crippen LogP contribution in [-0.2, 0) is 6.42 Å². The zero-order chi connectivity index (χ0) is 17.1. The summed E-state index contributed by atoms with van der Waals surface area (Å²) in [4.78, 5) is 6.92. The Balaban J connectivity index is 0.00000529. The van der Waals surface area contributed by atoms with Crippen LogP contribution in [0, 0.1) is 5.82 Å². The molecule has 0 spiro atoms. The standard InChI is InChI=1S/C18H31FN4.HI/c1-5-15(3)23(4)13-12-22-18(20-6-2)21-11-10-16-8-7-9-17(19)14-16;/h7-9,14-15H,5-6,10-13H2,1-4H3,(H2,20,21,22);1H. The molecule has 0 bridgehead atoms. The number of benzene rings is 1. The van der Waals surface area contributed by atoms with Gasteiger partial charge < -0.3 is 15.5 Å². The van der Waals surface area contributed by atoms with Crippen LogP contribution in [0.4, 0.5) is 4.39 Å². The second-order valence-electron chi connectivity index (χ2n) is 5.81. The van der Waals surface area contributed by atoms with Crippen molar-refractivity contribution in [2.75, 3.05) is 33.2 Å². The third kappa shape index (κ3) is 9.42. The van der Waals surface area contributed by atoms with Crippen molar-refractivity contribution in [2.45, 2.75) is 39.7 Å². The Morgan fingerprint density at radius 2 is 2.04 bits per heavy atom. The van der Waals surface area contributed by atoms with E-state index in [1.54, 1.807) is 12.1 Å². The number of guanidine groups is 1. The number of hydrogen-bond acceptors (Lipinski definition) is 2. The lowest BCUT2D eigenvalue weighted by Crippen LogP contribution is -2.39. The summed E-state index contributed by atoms with van der Waals surface area (Å²) in [5.74, 6) is 0.637. The van der Waals surface area contributed by atoms with Crippen molar-refractivity contribution in [1.29, 1.82) is 0 Å². The first kappa shape index (κ1) is 23.1. The molecule has 138 valence electrons. The molecule has 0 aromatic heterocycles. The molecule has 0 saturated carbocycles. The molecule has 4 nitrogen and oxygen atoms in total. The summed E-state index contributed by atoms with van der Waals surface area (Å²) in [7, 11) is 2.13. The van der Waals surface area contributed by atoms with E-state index >= 15 is 0 Å². The molecule has 2 N–H and O–H groups in total. The minimum absolute atomic E-state index is 0. The van der Waals surface area contributed by atoms with Crippen LogP contribution in [0.5, 0.6) is 0 Å². The van der Waals surface area contributed by atoms with Gasteiger partial charge in [0.25, 0.3) is 0 Å². The van der Waals surface area contributed by atoms with Gasteiger partial charge in [-0.15, -0.1) is 24.0 Å². The normalized spacial score (nSPS) is 12.7. The van der Waals surface area contributed by atoms with Crippen LogP contribution in [0.1, 0.15) is 32.8 Å². The van der Waals surface area contributed by atoms with E-state index in [4.69, 9.17) is 0 Å². The van der Waals surface area contributed by atoms with Crippen LogP contribution < -0.4 is 10.6 Å². The lowest BCUT2D eigenvalue weighted by atomic mass is 10.1. The van der Waals surface area contributed by atoms with Gasteiger partial charge in [-0.1, -0.05) is 19.1 Å². The highest BCUT2D eigenvalue weighted by atomic mass is 127. The van der Waals surface area contributed by atoms with Crippen molar-refractivity contribution in [2.24, 2.45) is 4.99 Å². The number of halogens is 2. The maximum absolute atomic E-state index is 13.1. The maximum atomic E-state index is 13.1. The van der Waals surface area contributed by atoms with Gasteiger partial charge in [-0.25, -0.2) is 4.39 Å². The molecule has 1 rings (SSSR count). The monoisotopic (exact) mass is 450 g/mol. The molecule has 6 heteroatoms. The van der Waals surface area contributed by atoms with E-state index in [0.29, 0.717) is 6.04 Å². The molecule has 0 heterocycles. The molecule has 1 unspecified atom stereocenters. The second kappa shape index (κ2) is 13.4. The Morgan fingerprint density at radius 3 is 2.67 bits per heavy atom. The molecule has 1 aromatic carbocycles. The lowest BCUT2D eigenvalue weighted by Gasteiger charge is -2.22. The number of rotatable bonds is 9. The van der Waals surface area contributed by atoms with Gasteiger partial charge >= 0.3 is 0 Å². The minimum Gasteiger partial charge on any atom is -0.357 e. The summed E-state index contributed by atoms with van der Waals surface area (Å²) >= 11 is 0. The molecule has 0 saturated heterocycles. The van der Waals surface area contributed by atoms with Crippen LogP contribution in [0.3, 0.4) is 0 Å². The van der Waals surface area contributed by atoms with Gasteiger partial charge in [0.05, 0.1) is 6.54 Å². The number of nitrogens with one attached hydrogen (secondary N) is 2. The Bertz CT molecular complexity index is 482. The highest BCUT2D eigenvalue weighted by Crippen LogP contribution is 2.03. The van der Waals surface area contributed by atoms with Crippen molar-refractivity contribution in [3.63, 3.8) is 0 Å². The Kier molecular flexibility index (Phi) is 12.9. The molecular weight excluding hydrogens is 418 g/mol. The van der Waals surface area contributed by atoms with E-state index in [-0.39, 0.29) is 29.8 Å². The highest BCUT2D eigenvalue weighted by Gasteiger charge is 2.05. The van der Waals surface area contributed by atoms with Crippen LogP contribution in [0.15, 0.2) is 29.3 Å². The molecular formula is C18H32FIN4. The minimum atomic E-state index is -0.184. The van der Waals surface area contributed by atoms with E-state index in [1.807, 2.05) is 6.07 Å². The summed E-state index contributed by atoms with van der Waals surface area (Å²) in [5.41, 5.74) is 0.991. The molecule has 1 atom stereocenters. The van der Waals surface area contributed by atoms with Crippen molar-refractivity contribution in [3.05, 3.63) is 35.6 Å². The van der Waals surface area contributed by atoms with Crippen LogP contribution in [-0.4, -0.2) is 50.1 Å². The molecule has 0 aliphatic heterocycles. The van der Waals surface area contributed by atoms with Crippen LogP contribution in [0.2, 0.25) is 0 Å². The fourth-order valence-corrected chi connectivity index (χ4v) is 2.21. The van der Waals surface area contributed by atoms with Crippen LogP contribution in [0.25, 0.3) is 0 Å². The molecule has 24 heavy (non-hydrogen) atoms. The largest absolute Gasteiger partial charge is 0.357 e. The Hall–Kier alpha value is -0.890. The predicted molar refractivity (Wildman–Crippen MR) is 112 cm³/mol. The van der Waals surface area contributed by atoms with E-state index in [2.05, 4.69) is 48.3 Å². The van der Waals surface area contributed by atoms with Gasteiger partial charge in [0.1, 0.15) is 5.82 Å².